The fourth-order valence-corrected chi connectivity index (χ4v) is 2.46. The SMILES string of the molecule is CCOC(=O)[C@@H]1C[C@@H]1c1cccc(-c2ccccc2)n1. The predicted octanol–water partition coefficient (Wildman–Crippen LogP) is 3.42. The maximum absolute atomic E-state index is 11.7. The highest BCUT2D eigenvalue weighted by molar-refractivity contribution is 5.77. The number of pyridine rings is 1. The molecule has 0 saturated heterocycles. The highest BCUT2D eigenvalue weighted by Crippen LogP contribution is 2.47. The summed E-state index contributed by atoms with van der Waals surface area (Å²) < 4.78 is 5.07. The molecule has 2 aromatic rings. The molecule has 102 valence electrons. The topological polar surface area (TPSA) is 39.2 Å². The van der Waals surface area contributed by atoms with Crippen LogP contribution in [0.4, 0.5) is 0 Å². The lowest BCUT2D eigenvalue weighted by Gasteiger charge is -2.04. The number of rotatable bonds is 4. The van der Waals surface area contributed by atoms with Crippen molar-refractivity contribution in [1.82, 2.24) is 4.98 Å². The van der Waals surface area contributed by atoms with Gasteiger partial charge >= 0.3 is 5.97 Å². The molecule has 2 atom stereocenters. The van der Waals surface area contributed by atoms with Gasteiger partial charge in [0.25, 0.3) is 0 Å². The molecule has 1 aliphatic carbocycles. The van der Waals surface area contributed by atoms with E-state index in [4.69, 9.17) is 4.74 Å². The van der Waals surface area contributed by atoms with Gasteiger partial charge in [0, 0.05) is 17.2 Å². The zero-order valence-corrected chi connectivity index (χ0v) is 11.5. The van der Waals surface area contributed by atoms with E-state index in [1.54, 1.807) is 0 Å². The van der Waals surface area contributed by atoms with E-state index in [2.05, 4.69) is 4.98 Å². The van der Waals surface area contributed by atoms with Crippen molar-refractivity contribution in [2.24, 2.45) is 5.92 Å². The maximum atomic E-state index is 11.7. The molecule has 0 unspecified atom stereocenters. The number of aromatic nitrogens is 1. The van der Waals surface area contributed by atoms with Crippen molar-refractivity contribution < 1.29 is 9.53 Å². The van der Waals surface area contributed by atoms with Gasteiger partial charge in [-0.15, -0.1) is 0 Å². The van der Waals surface area contributed by atoms with Crippen LogP contribution in [0, 0.1) is 5.92 Å². The van der Waals surface area contributed by atoms with Crippen molar-refractivity contribution in [2.75, 3.05) is 6.61 Å². The molecule has 0 spiro atoms. The van der Waals surface area contributed by atoms with Gasteiger partial charge < -0.3 is 4.74 Å². The molecule has 3 heteroatoms. The molecule has 1 aromatic heterocycles. The van der Waals surface area contributed by atoms with Gasteiger partial charge in [-0.25, -0.2) is 0 Å². The second-order valence-electron chi connectivity index (χ2n) is 5.01. The Morgan fingerprint density at radius 2 is 2.00 bits per heavy atom. The van der Waals surface area contributed by atoms with Crippen LogP contribution in [0.2, 0.25) is 0 Å². The number of carbonyl (C=O) groups excluding carboxylic acids is 1. The fourth-order valence-electron chi connectivity index (χ4n) is 2.46. The van der Waals surface area contributed by atoms with E-state index in [1.165, 1.54) is 0 Å². The number of carbonyl (C=O) groups is 1. The van der Waals surface area contributed by atoms with Crippen molar-refractivity contribution in [3.05, 3.63) is 54.2 Å². The van der Waals surface area contributed by atoms with Gasteiger partial charge in [0.15, 0.2) is 0 Å². The first kappa shape index (κ1) is 12.9. The summed E-state index contributed by atoms with van der Waals surface area (Å²) in [5.41, 5.74) is 3.05. The summed E-state index contributed by atoms with van der Waals surface area (Å²) in [6.45, 7) is 2.28. The van der Waals surface area contributed by atoms with Gasteiger partial charge in [-0.1, -0.05) is 36.4 Å². The summed E-state index contributed by atoms with van der Waals surface area (Å²) in [6, 6.07) is 16.1. The van der Waals surface area contributed by atoms with E-state index < -0.39 is 0 Å². The van der Waals surface area contributed by atoms with E-state index in [-0.39, 0.29) is 17.8 Å². The fraction of sp³-hybridized carbons (Fsp3) is 0.294. The van der Waals surface area contributed by atoms with Crippen molar-refractivity contribution >= 4 is 5.97 Å². The molecule has 20 heavy (non-hydrogen) atoms. The molecule has 0 radical (unpaired) electrons. The van der Waals surface area contributed by atoms with Crippen LogP contribution in [-0.2, 0) is 9.53 Å². The minimum atomic E-state index is -0.0931. The van der Waals surface area contributed by atoms with E-state index in [1.807, 2.05) is 55.5 Å². The highest BCUT2D eigenvalue weighted by Gasteiger charge is 2.46. The number of hydrogen-bond acceptors (Lipinski definition) is 3. The second-order valence-corrected chi connectivity index (χ2v) is 5.01. The molecule has 0 aliphatic heterocycles. The predicted molar refractivity (Wildman–Crippen MR) is 77.2 cm³/mol. The monoisotopic (exact) mass is 267 g/mol. The zero-order chi connectivity index (χ0) is 13.9. The highest BCUT2D eigenvalue weighted by atomic mass is 16.5. The molecule has 0 amide bonds. The van der Waals surface area contributed by atoms with E-state index in [9.17, 15) is 4.79 Å². The van der Waals surface area contributed by atoms with Crippen LogP contribution in [0.1, 0.15) is 25.0 Å². The van der Waals surface area contributed by atoms with Crippen LogP contribution in [0.25, 0.3) is 11.3 Å². The zero-order valence-electron chi connectivity index (χ0n) is 11.5. The number of ether oxygens (including phenoxy) is 1. The standard InChI is InChI=1S/C17H17NO2/c1-2-20-17(19)14-11-13(14)16-10-6-9-15(18-16)12-7-4-3-5-8-12/h3-10,13-14H,2,11H2,1H3/t13-,14+/m0/s1. The third-order valence-electron chi connectivity index (χ3n) is 3.60. The van der Waals surface area contributed by atoms with E-state index in [0.29, 0.717) is 6.61 Å². The molecule has 1 fully saturated rings. The van der Waals surface area contributed by atoms with Gasteiger partial charge in [-0.3, -0.25) is 9.78 Å². The lowest BCUT2D eigenvalue weighted by molar-refractivity contribution is -0.144. The number of benzene rings is 1. The molecule has 1 aromatic carbocycles. The Labute approximate surface area is 118 Å². The summed E-state index contributed by atoms with van der Waals surface area (Å²) in [5, 5.41) is 0. The largest absolute Gasteiger partial charge is 0.466 e. The molecular formula is C17H17NO2. The molecule has 0 N–H and O–H groups in total. The van der Waals surface area contributed by atoms with Crippen molar-refractivity contribution in [3.63, 3.8) is 0 Å². The van der Waals surface area contributed by atoms with Crippen LogP contribution in [0.3, 0.4) is 0 Å². The summed E-state index contributed by atoms with van der Waals surface area (Å²) in [7, 11) is 0. The number of esters is 1. The van der Waals surface area contributed by atoms with Crippen LogP contribution in [0.5, 0.6) is 0 Å². The maximum Gasteiger partial charge on any atom is 0.309 e. The van der Waals surface area contributed by atoms with Crippen LogP contribution in [0.15, 0.2) is 48.5 Å². The van der Waals surface area contributed by atoms with Crippen LogP contribution < -0.4 is 0 Å². The molecule has 0 bridgehead atoms. The number of nitrogens with zero attached hydrogens (tertiary/aromatic N) is 1. The Bertz CT molecular complexity index is 609. The molecule has 1 aliphatic rings. The minimum Gasteiger partial charge on any atom is -0.466 e. The molecule has 1 heterocycles. The van der Waals surface area contributed by atoms with Crippen molar-refractivity contribution in [1.29, 1.82) is 0 Å². The minimum absolute atomic E-state index is 0.00604. The Balaban J connectivity index is 1.78. The third kappa shape index (κ3) is 2.57. The van der Waals surface area contributed by atoms with Crippen molar-refractivity contribution in [3.8, 4) is 11.3 Å². The Kier molecular flexibility index (Phi) is 3.50. The first-order valence-corrected chi connectivity index (χ1v) is 6.98. The second kappa shape index (κ2) is 5.45. The summed E-state index contributed by atoms with van der Waals surface area (Å²) in [5.74, 6) is 0.121. The normalized spacial score (nSPS) is 20.4. The summed E-state index contributed by atoms with van der Waals surface area (Å²) in [6.07, 6.45) is 0.851. The van der Waals surface area contributed by atoms with Crippen LogP contribution in [-0.4, -0.2) is 17.6 Å². The first-order valence-electron chi connectivity index (χ1n) is 6.98. The average molecular weight is 267 g/mol. The third-order valence-corrected chi connectivity index (χ3v) is 3.60. The quantitative estimate of drug-likeness (QED) is 0.797. The first-order chi connectivity index (χ1) is 9.79. The van der Waals surface area contributed by atoms with Gasteiger partial charge in [0.2, 0.25) is 0 Å². The summed E-state index contributed by atoms with van der Waals surface area (Å²) in [4.78, 5) is 16.4. The molecule has 3 rings (SSSR count). The smallest absolute Gasteiger partial charge is 0.309 e. The number of hydrogen-bond donors (Lipinski definition) is 0. The molecule has 1 saturated carbocycles. The molecule has 3 nitrogen and oxygen atoms in total. The van der Waals surface area contributed by atoms with Gasteiger partial charge in [-0.05, 0) is 25.5 Å². The van der Waals surface area contributed by atoms with Gasteiger partial charge in [-0.2, -0.15) is 0 Å². The van der Waals surface area contributed by atoms with E-state index >= 15 is 0 Å². The van der Waals surface area contributed by atoms with Crippen molar-refractivity contribution in [2.45, 2.75) is 19.3 Å². The van der Waals surface area contributed by atoms with Gasteiger partial charge in [0.1, 0.15) is 0 Å². The summed E-state index contributed by atoms with van der Waals surface area (Å²) >= 11 is 0. The average Bonchev–Trinajstić information content (AvgIpc) is 3.29. The molecular weight excluding hydrogens is 250 g/mol. The Morgan fingerprint density at radius 1 is 1.20 bits per heavy atom. The Morgan fingerprint density at radius 3 is 2.75 bits per heavy atom. The lowest BCUT2D eigenvalue weighted by atomic mass is 10.1. The van der Waals surface area contributed by atoms with E-state index in [0.717, 1.165) is 23.4 Å². The lowest BCUT2D eigenvalue weighted by Crippen LogP contribution is -2.07. The van der Waals surface area contributed by atoms with Crippen LogP contribution >= 0.6 is 0 Å². The Hall–Kier alpha value is -2.16. The van der Waals surface area contributed by atoms with Gasteiger partial charge in [0.05, 0.1) is 18.2 Å².